The van der Waals surface area contributed by atoms with Crippen LogP contribution in [0.5, 0.6) is 0 Å². The summed E-state index contributed by atoms with van der Waals surface area (Å²) in [5, 5.41) is 15.7. The number of aromatic amines is 1. The number of aliphatic hydroxyl groups is 1. The lowest BCUT2D eigenvalue weighted by atomic mass is 10.1. The number of carbonyl (C=O) groups is 2. The number of carbonyl (C=O) groups excluding carboxylic acids is 2. The zero-order chi connectivity index (χ0) is 34.7. The van der Waals surface area contributed by atoms with Crippen LogP contribution in [0.25, 0.3) is 22.1 Å². The summed E-state index contributed by atoms with van der Waals surface area (Å²) >= 11 is 18.9. The predicted octanol–water partition coefficient (Wildman–Crippen LogP) is 8.74. The van der Waals surface area contributed by atoms with E-state index < -0.39 is 24.0 Å². The fraction of sp³-hybridized carbons (Fsp3) is 0.125. The summed E-state index contributed by atoms with van der Waals surface area (Å²) in [6.07, 6.45) is 2.83. The average molecular weight is 825 g/mol. The smallest absolute Gasteiger partial charge is 0.190 e. The van der Waals surface area contributed by atoms with Gasteiger partial charge in [-0.25, -0.2) is 18.7 Å². The van der Waals surface area contributed by atoms with Gasteiger partial charge in [0.1, 0.15) is 24.2 Å². The third-order valence-corrected chi connectivity index (χ3v) is 8.63. The fourth-order valence-electron chi connectivity index (χ4n) is 4.70. The van der Waals surface area contributed by atoms with Crippen LogP contribution in [0, 0.1) is 11.6 Å². The molecule has 0 aliphatic rings. The van der Waals surface area contributed by atoms with Crippen molar-refractivity contribution in [2.75, 3.05) is 31.0 Å². The Morgan fingerprint density at radius 3 is 2.00 bits per heavy atom. The van der Waals surface area contributed by atoms with E-state index in [4.69, 9.17) is 27.9 Å². The molecular weight excluding hydrogens is 801 g/mol. The van der Waals surface area contributed by atoms with Crippen LogP contribution in [0.3, 0.4) is 0 Å². The molecule has 0 unspecified atom stereocenters. The number of aryl methyl sites for hydroxylation is 1. The number of methoxy groups -OCH3 is 1. The number of imidazole rings is 2. The summed E-state index contributed by atoms with van der Waals surface area (Å²) < 4.78 is 37.8. The molecule has 0 aliphatic carbocycles. The van der Waals surface area contributed by atoms with Gasteiger partial charge >= 0.3 is 0 Å². The van der Waals surface area contributed by atoms with E-state index in [2.05, 4.69) is 57.4 Å². The maximum absolute atomic E-state index is 14.9. The van der Waals surface area contributed by atoms with Gasteiger partial charge in [-0.1, -0.05) is 55.1 Å². The number of nitrogens with one attached hydrogen (secondary N) is 3. The summed E-state index contributed by atoms with van der Waals surface area (Å²) in [6, 6.07) is 13.2. The van der Waals surface area contributed by atoms with Crippen LogP contribution in [0.4, 0.5) is 31.5 Å². The molecular formula is C32H24Br2Cl2F2N6O4. The first kappa shape index (κ1) is 35.4. The molecule has 10 nitrogen and oxygen atoms in total. The SMILES string of the molecule is COCC(=O)c1cc2[nH]cnc2c(F)c1Nc1ccc(Br)cc1Cl.Cn1cnc2c(F)c(Nc3ccc(Br)cc3Cl)c(C(=O)CO)cc21. The second-order valence-corrected chi connectivity index (χ2v) is 12.8. The van der Waals surface area contributed by atoms with Gasteiger partial charge in [0.25, 0.3) is 0 Å². The standard InChI is InChI=1S/2C16H12BrClFN3O2/c1-22-7-20-16-12(22)5-9(13(24)6-23)15(14(16)19)21-11-3-2-8(17)4-10(11)18;1-24-6-13(23)9-5-12-16(21-7-20-12)14(19)15(9)22-11-3-2-8(17)4-10(11)18/h2-5,7,21,23H,6H2,1H3;2-5,7,22H,6H2,1H3,(H,20,21). The van der Waals surface area contributed by atoms with E-state index in [0.717, 1.165) is 8.95 Å². The van der Waals surface area contributed by atoms with Crippen LogP contribution in [-0.4, -0.2) is 56.5 Å². The molecule has 0 radical (unpaired) electrons. The summed E-state index contributed by atoms with van der Waals surface area (Å²) in [6.45, 7) is -0.895. The van der Waals surface area contributed by atoms with Gasteiger partial charge in [-0.2, -0.15) is 0 Å². The van der Waals surface area contributed by atoms with Gasteiger partial charge in [-0.3, -0.25) is 9.59 Å². The molecule has 248 valence electrons. The van der Waals surface area contributed by atoms with Crippen LogP contribution >= 0.6 is 55.1 Å². The third-order valence-electron chi connectivity index (χ3n) is 7.02. The second kappa shape index (κ2) is 15.1. The molecule has 0 saturated carbocycles. The van der Waals surface area contributed by atoms with Gasteiger partial charge < -0.3 is 30.0 Å². The molecule has 0 spiro atoms. The highest BCUT2D eigenvalue weighted by Crippen LogP contribution is 2.36. The molecule has 0 amide bonds. The Balaban J connectivity index is 0.000000188. The normalized spacial score (nSPS) is 11.0. The van der Waals surface area contributed by atoms with E-state index in [9.17, 15) is 23.5 Å². The molecule has 2 aromatic heterocycles. The molecule has 0 aliphatic heterocycles. The minimum atomic E-state index is -0.731. The number of aliphatic hydroxyl groups excluding tert-OH is 1. The maximum Gasteiger partial charge on any atom is 0.190 e. The number of Topliss-reactive ketones (excluding diaryl/α,β-unsaturated/α-hetero) is 2. The van der Waals surface area contributed by atoms with Gasteiger partial charge in [0.2, 0.25) is 0 Å². The number of ether oxygens (including phenoxy) is 1. The van der Waals surface area contributed by atoms with E-state index >= 15 is 0 Å². The lowest BCUT2D eigenvalue weighted by Crippen LogP contribution is -2.11. The Kier molecular flexibility index (Phi) is 11.1. The van der Waals surface area contributed by atoms with E-state index in [1.807, 2.05) is 0 Å². The molecule has 0 atom stereocenters. The number of hydrogen-bond acceptors (Lipinski definition) is 8. The number of anilines is 4. The Hall–Kier alpha value is -3.92. The number of ketones is 2. The predicted molar refractivity (Wildman–Crippen MR) is 189 cm³/mol. The highest BCUT2D eigenvalue weighted by atomic mass is 79.9. The molecule has 4 aromatic carbocycles. The Morgan fingerprint density at radius 2 is 1.46 bits per heavy atom. The van der Waals surface area contributed by atoms with Crippen molar-refractivity contribution in [3.8, 4) is 0 Å². The average Bonchev–Trinajstić information content (AvgIpc) is 3.68. The van der Waals surface area contributed by atoms with Crippen LogP contribution in [-0.2, 0) is 11.8 Å². The monoisotopic (exact) mass is 822 g/mol. The Labute approximate surface area is 298 Å². The zero-order valence-corrected chi connectivity index (χ0v) is 29.7. The highest BCUT2D eigenvalue weighted by molar-refractivity contribution is 9.10. The number of fused-ring (bicyclic) bond motifs is 2. The first-order valence-corrected chi connectivity index (χ1v) is 16.2. The third kappa shape index (κ3) is 7.38. The largest absolute Gasteiger partial charge is 0.388 e. The molecule has 2 heterocycles. The summed E-state index contributed by atoms with van der Waals surface area (Å²) in [4.78, 5) is 35.1. The van der Waals surface area contributed by atoms with Crippen molar-refractivity contribution in [2.45, 2.75) is 0 Å². The van der Waals surface area contributed by atoms with Crippen LogP contribution in [0.2, 0.25) is 10.0 Å². The van der Waals surface area contributed by atoms with Gasteiger partial charge in [0.15, 0.2) is 23.2 Å². The molecule has 0 saturated heterocycles. The highest BCUT2D eigenvalue weighted by Gasteiger charge is 2.23. The minimum Gasteiger partial charge on any atom is -0.388 e. The van der Waals surface area contributed by atoms with Gasteiger partial charge in [-0.05, 0) is 48.5 Å². The van der Waals surface area contributed by atoms with Gasteiger partial charge in [-0.15, -0.1) is 0 Å². The number of rotatable bonds is 9. The Bertz CT molecular complexity index is 2190. The zero-order valence-electron chi connectivity index (χ0n) is 25.0. The number of nitrogens with zero attached hydrogens (tertiary/aromatic N) is 3. The van der Waals surface area contributed by atoms with E-state index in [0.29, 0.717) is 32.5 Å². The van der Waals surface area contributed by atoms with Crippen molar-refractivity contribution in [3.05, 3.63) is 103 Å². The fourth-order valence-corrected chi connectivity index (χ4v) is 6.14. The molecule has 0 bridgehead atoms. The number of aromatic nitrogens is 4. The first-order chi connectivity index (χ1) is 22.9. The van der Waals surface area contributed by atoms with Gasteiger partial charge in [0.05, 0.1) is 56.5 Å². The minimum absolute atomic E-state index is 0.0147. The number of hydrogen-bond donors (Lipinski definition) is 4. The van der Waals surface area contributed by atoms with Crippen LogP contribution < -0.4 is 10.6 Å². The molecule has 4 N–H and O–H groups in total. The summed E-state index contributed by atoms with van der Waals surface area (Å²) in [7, 11) is 3.10. The lowest BCUT2D eigenvalue weighted by Gasteiger charge is -2.14. The lowest BCUT2D eigenvalue weighted by molar-refractivity contribution is 0.0848. The van der Waals surface area contributed by atoms with E-state index in [1.54, 1.807) is 54.1 Å². The van der Waals surface area contributed by atoms with Crippen molar-refractivity contribution in [1.82, 2.24) is 19.5 Å². The van der Waals surface area contributed by atoms with Crippen molar-refractivity contribution in [2.24, 2.45) is 7.05 Å². The molecule has 6 aromatic rings. The first-order valence-electron chi connectivity index (χ1n) is 13.8. The summed E-state index contributed by atoms with van der Waals surface area (Å²) in [5.74, 6) is -2.27. The van der Waals surface area contributed by atoms with Crippen LogP contribution in [0.1, 0.15) is 20.7 Å². The maximum atomic E-state index is 14.9. The summed E-state index contributed by atoms with van der Waals surface area (Å²) in [5.41, 5.74) is 2.19. The van der Waals surface area contributed by atoms with Crippen molar-refractivity contribution in [1.29, 1.82) is 0 Å². The Morgan fingerprint density at radius 1 is 0.896 bits per heavy atom. The molecule has 48 heavy (non-hydrogen) atoms. The number of benzene rings is 4. The van der Waals surface area contributed by atoms with Gasteiger partial charge in [0, 0.05) is 34.2 Å². The quantitative estimate of drug-likeness (QED) is 0.106. The van der Waals surface area contributed by atoms with Crippen molar-refractivity contribution >= 4 is 111 Å². The van der Waals surface area contributed by atoms with Crippen molar-refractivity contribution in [3.63, 3.8) is 0 Å². The van der Waals surface area contributed by atoms with Crippen molar-refractivity contribution < 1.29 is 28.2 Å². The number of H-pyrrole nitrogens is 1. The van der Waals surface area contributed by atoms with E-state index in [1.165, 1.54) is 25.8 Å². The van der Waals surface area contributed by atoms with Crippen LogP contribution in [0.15, 0.2) is 70.1 Å². The molecule has 0 fully saturated rings. The second-order valence-electron chi connectivity index (χ2n) is 10.2. The molecule has 16 heteroatoms. The number of halogens is 6. The van der Waals surface area contributed by atoms with E-state index in [-0.39, 0.29) is 45.9 Å². The topological polar surface area (TPSA) is 134 Å². The molecule has 6 rings (SSSR count).